The SMILES string of the molecule is CN1CCN(c2ccc(Cl)cc2NC(=O)COc2ccc(F)c(Cl)c2)CC1. The van der Waals surface area contributed by atoms with E-state index in [2.05, 4.69) is 22.2 Å². The Morgan fingerprint density at radius 3 is 2.59 bits per heavy atom. The number of carbonyl (C=O) groups excluding carboxylic acids is 1. The van der Waals surface area contributed by atoms with Gasteiger partial charge in [-0.1, -0.05) is 23.2 Å². The third kappa shape index (κ3) is 5.25. The van der Waals surface area contributed by atoms with Crippen molar-refractivity contribution < 1.29 is 13.9 Å². The lowest BCUT2D eigenvalue weighted by atomic mass is 10.2. The van der Waals surface area contributed by atoms with Gasteiger partial charge in [0.2, 0.25) is 0 Å². The molecule has 0 atom stereocenters. The van der Waals surface area contributed by atoms with E-state index < -0.39 is 5.82 Å². The van der Waals surface area contributed by atoms with Crippen LogP contribution in [0.4, 0.5) is 15.8 Å². The van der Waals surface area contributed by atoms with Crippen molar-refractivity contribution >= 4 is 40.5 Å². The molecular formula is C19H20Cl2FN3O2. The summed E-state index contributed by atoms with van der Waals surface area (Å²) in [5.74, 6) is -0.556. The largest absolute Gasteiger partial charge is 0.484 e. The average Bonchev–Trinajstić information content (AvgIpc) is 2.64. The molecule has 0 saturated carbocycles. The van der Waals surface area contributed by atoms with Gasteiger partial charge in [-0.2, -0.15) is 0 Å². The number of amides is 1. The number of rotatable bonds is 5. The van der Waals surface area contributed by atoms with Crippen LogP contribution in [0.5, 0.6) is 5.75 Å². The minimum atomic E-state index is -0.538. The first kappa shape index (κ1) is 19.7. The van der Waals surface area contributed by atoms with E-state index in [9.17, 15) is 9.18 Å². The first-order valence-corrected chi connectivity index (χ1v) is 9.29. The molecule has 0 radical (unpaired) electrons. The minimum Gasteiger partial charge on any atom is -0.484 e. The smallest absolute Gasteiger partial charge is 0.262 e. The van der Waals surface area contributed by atoms with Crippen LogP contribution in [0.3, 0.4) is 0 Å². The van der Waals surface area contributed by atoms with Crippen LogP contribution >= 0.6 is 23.2 Å². The summed E-state index contributed by atoms with van der Waals surface area (Å²) in [6.45, 7) is 3.41. The number of nitrogens with one attached hydrogen (secondary N) is 1. The summed E-state index contributed by atoms with van der Waals surface area (Å²) < 4.78 is 18.6. The van der Waals surface area contributed by atoms with Gasteiger partial charge in [-0.25, -0.2) is 4.39 Å². The van der Waals surface area contributed by atoms with Gasteiger partial charge in [0, 0.05) is 37.3 Å². The fourth-order valence-corrected chi connectivity index (χ4v) is 3.18. The number of hydrogen-bond donors (Lipinski definition) is 1. The molecule has 1 aliphatic heterocycles. The molecule has 2 aromatic rings. The molecule has 5 nitrogen and oxygen atoms in total. The zero-order valence-corrected chi connectivity index (χ0v) is 16.4. The lowest BCUT2D eigenvalue weighted by molar-refractivity contribution is -0.118. The summed E-state index contributed by atoms with van der Waals surface area (Å²) in [5.41, 5.74) is 1.56. The van der Waals surface area contributed by atoms with Crippen molar-refractivity contribution in [3.05, 3.63) is 52.3 Å². The first-order valence-electron chi connectivity index (χ1n) is 8.53. The topological polar surface area (TPSA) is 44.8 Å². The number of hydrogen-bond acceptors (Lipinski definition) is 4. The molecule has 2 aromatic carbocycles. The Kier molecular flexibility index (Phi) is 6.42. The highest BCUT2D eigenvalue weighted by Gasteiger charge is 2.18. The molecule has 1 amide bonds. The average molecular weight is 412 g/mol. The maximum absolute atomic E-state index is 13.2. The molecular weight excluding hydrogens is 392 g/mol. The van der Waals surface area contributed by atoms with Crippen LogP contribution in [0.15, 0.2) is 36.4 Å². The zero-order valence-electron chi connectivity index (χ0n) is 14.8. The summed E-state index contributed by atoms with van der Waals surface area (Å²) >= 11 is 11.8. The molecule has 1 N–H and O–H groups in total. The van der Waals surface area contributed by atoms with Crippen molar-refractivity contribution in [1.82, 2.24) is 4.90 Å². The molecule has 1 aliphatic rings. The van der Waals surface area contributed by atoms with Crippen molar-refractivity contribution in [3.63, 3.8) is 0 Å². The van der Waals surface area contributed by atoms with E-state index in [4.69, 9.17) is 27.9 Å². The number of ether oxygens (including phenoxy) is 1. The van der Waals surface area contributed by atoms with E-state index in [0.29, 0.717) is 16.5 Å². The molecule has 27 heavy (non-hydrogen) atoms. The maximum Gasteiger partial charge on any atom is 0.262 e. The summed E-state index contributed by atoms with van der Waals surface area (Å²) in [7, 11) is 2.08. The highest BCUT2D eigenvalue weighted by Crippen LogP contribution is 2.30. The molecule has 1 saturated heterocycles. The van der Waals surface area contributed by atoms with Gasteiger partial charge in [0.1, 0.15) is 11.6 Å². The summed E-state index contributed by atoms with van der Waals surface area (Å²) in [5, 5.41) is 3.33. The van der Waals surface area contributed by atoms with Crippen molar-refractivity contribution in [2.75, 3.05) is 50.1 Å². The Morgan fingerprint density at radius 2 is 1.89 bits per heavy atom. The maximum atomic E-state index is 13.2. The number of likely N-dealkylation sites (N-methyl/N-ethyl adjacent to an activating group) is 1. The Labute approximate surface area is 167 Å². The van der Waals surface area contributed by atoms with Crippen molar-refractivity contribution in [1.29, 1.82) is 0 Å². The molecule has 8 heteroatoms. The van der Waals surface area contributed by atoms with E-state index in [0.717, 1.165) is 31.9 Å². The molecule has 0 bridgehead atoms. The third-order valence-electron chi connectivity index (χ3n) is 4.34. The fraction of sp³-hybridized carbons (Fsp3) is 0.316. The lowest BCUT2D eigenvalue weighted by Crippen LogP contribution is -2.44. The van der Waals surface area contributed by atoms with Crippen molar-refractivity contribution in [3.8, 4) is 5.75 Å². The number of carbonyl (C=O) groups is 1. The van der Waals surface area contributed by atoms with Crippen molar-refractivity contribution in [2.45, 2.75) is 0 Å². The van der Waals surface area contributed by atoms with Crippen LogP contribution in [0.25, 0.3) is 0 Å². The van der Waals surface area contributed by atoms with Gasteiger partial charge >= 0.3 is 0 Å². The summed E-state index contributed by atoms with van der Waals surface area (Å²) in [6.07, 6.45) is 0. The van der Waals surface area contributed by atoms with Crippen LogP contribution in [-0.2, 0) is 4.79 Å². The van der Waals surface area contributed by atoms with Gasteiger partial charge in [0.15, 0.2) is 6.61 Å². The number of benzene rings is 2. The van der Waals surface area contributed by atoms with Crippen LogP contribution in [0.1, 0.15) is 0 Å². The van der Waals surface area contributed by atoms with Crippen LogP contribution in [0.2, 0.25) is 10.0 Å². The Hall–Kier alpha value is -2.02. The summed E-state index contributed by atoms with van der Waals surface area (Å²) in [4.78, 5) is 16.8. The number of nitrogens with zero attached hydrogens (tertiary/aromatic N) is 2. The highest BCUT2D eigenvalue weighted by atomic mass is 35.5. The van der Waals surface area contributed by atoms with Gasteiger partial charge < -0.3 is 19.9 Å². The van der Waals surface area contributed by atoms with Crippen LogP contribution < -0.4 is 15.0 Å². The molecule has 1 heterocycles. The second-order valence-corrected chi connectivity index (χ2v) is 7.21. The quantitative estimate of drug-likeness (QED) is 0.809. The Bertz CT molecular complexity index is 827. The van der Waals surface area contributed by atoms with Gasteiger partial charge in [-0.3, -0.25) is 4.79 Å². The predicted octanol–water partition coefficient (Wildman–Crippen LogP) is 3.90. The van der Waals surface area contributed by atoms with Gasteiger partial charge in [0.25, 0.3) is 5.91 Å². The lowest BCUT2D eigenvalue weighted by Gasteiger charge is -2.35. The van der Waals surface area contributed by atoms with E-state index in [1.165, 1.54) is 18.2 Å². The zero-order chi connectivity index (χ0) is 19.4. The molecule has 0 aromatic heterocycles. The number of anilines is 2. The molecule has 144 valence electrons. The highest BCUT2D eigenvalue weighted by molar-refractivity contribution is 6.31. The summed E-state index contributed by atoms with van der Waals surface area (Å²) in [6, 6.07) is 9.38. The van der Waals surface area contributed by atoms with Crippen molar-refractivity contribution in [2.24, 2.45) is 0 Å². The molecule has 0 aliphatic carbocycles. The number of piperazine rings is 1. The van der Waals surface area contributed by atoms with E-state index in [-0.39, 0.29) is 17.5 Å². The van der Waals surface area contributed by atoms with Gasteiger partial charge in [0.05, 0.1) is 16.4 Å². The molecule has 3 rings (SSSR count). The predicted molar refractivity (Wildman–Crippen MR) is 107 cm³/mol. The van der Waals surface area contributed by atoms with E-state index in [1.54, 1.807) is 6.07 Å². The van der Waals surface area contributed by atoms with E-state index in [1.807, 2.05) is 12.1 Å². The second kappa shape index (κ2) is 8.78. The molecule has 0 spiro atoms. The first-order chi connectivity index (χ1) is 12.9. The second-order valence-electron chi connectivity index (χ2n) is 6.36. The van der Waals surface area contributed by atoms with Crippen LogP contribution in [0, 0.1) is 5.82 Å². The molecule has 1 fully saturated rings. The van der Waals surface area contributed by atoms with Gasteiger partial charge in [-0.15, -0.1) is 0 Å². The van der Waals surface area contributed by atoms with E-state index >= 15 is 0 Å². The normalized spacial score (nSPS) is 14.9. The number of halogens is 3. The molecule has 0 unspecified atom stereocenters. The Balaban J connectivity index is 1.66. The monoisotopic (exact) mass is 411 g/mol. The minimum absolute atomic E-state index is 0.0555. The third-order valence-corrected chi connectivity index (χ3v) is 4.86. The Morgan fingerprint density at radius 1 is 1.15 bits per heavy atom. The standard InChI is InChI=1S/C19H20Cl2FN3O2/c1-24-6-8-25(9-7-24)18-5-2-13(20)10-17(18)23-19(26)12-27-14-3-4-16(22)15(21)11-14/h2-5,10-11H,6-9,12H2,1H3,(H,23,26). The fourth-order valence-electron chi connectivity index (χ4n) is 2.83. The van der Waals surface area contributed by atoms with Gasteiger partial charge in [-0.05, 0) is 37.4 Å². The van der Waals surface area contributed by atoms with Crippen LogP contribution in [-0.4, -0.2) is 50.6 Å².